The second-order valence-electron chi connectivity index (χ2n) is 6.10. The molecule has 1 amide bonds. The van der Waals surface area contributed by atoms with Crippen molar-refractivity contribution >= 4 is 18.3 Å². The third-order valence-corrected chi connectivity index (χ3v) is 3.46. The summed E-state index contributed by atoms with van der Waals surface area (Å²) in [4.78, 5) is 36.6. The van der Waals surface area contributed by atoms with E-state index < -0.39 is 29.2 Å². The first-order valence-corrected chi connectivity index (χ1v) is 7.08. The van der Waals surface area contributed by atoms with Gasteiger partial charge in [-0.15, -0.1) is 6.58 Å². The molecule has 0 aromatic carbocycles. The average molecular weight is 309 g/mol. The van der Waals surface area contributed by atoms with Crippen LogP contribution < -0.4 is 0 Å². The van der Waals surface area contributed by atoms with Gasteiger partial charge in [-0.25, -0.2) is 9.59 Å². The highest BCUT2D eigenvalue weighted by Gasteiger charge is 2.53. The number of methoxy groups -OCH3 is 1. The topological polar surface area (TPSA) is 72.9 Å². The maximum atomic E-state index is 12.6. The third kappa shape index (κ3) is 3.55. The van der Waals surface area contributed by atoms with Gasteiger partial charge in [-0.3, -0.25) is 9.69 Å². The molecule has 22 heavy (non-hydrogen) atoms. The molecule has 2 atom stereocenters. The van der Waals surface area contributed by atoms with Crippen LogP contribution in [-0.2, 0) is 19.1 Å². The number of nitrogens with zero attached hydrogens (tertiary/aromatic N) is 1. The zero-order chi connectivity index (χ0) is 17.0. The van der Waals surface area contributed by atoms with Gasteiger partial charge >= 0.3 is 12.1 Å². The van der Waals surface area contributed by atoms with E-state index in [0.717, 1.165) is 0 Å². The number of hydrogen-bond acceptors (Lipinski definition) is 5. The van der Waals surface area contributed by atoms with Gasteiger partial charge in [-0.2, -0.15) is 0 Å². The van der Waals surface area contributed by atoms with Crippen LogP contribution in [0.5, 0.6) is 0 Å². The van der Waals surface area contributed by atoms with Crippen molar-refractivity contribution in [3.63, 3.8) is 0 Å². The van der Waals surface area contributed by atoms with E-state index in [1.807, 2.05) is 0 Å². The van der Waals surface area contributed by atoms with Gasteiger partial charge in [0.05, 0.1) is 13.2 Å². The van der Waals surface area contributed by atoms with Crippen molar-refractivity contribution in [1.82, 2.24) is 4.90 Å². The van der Waals surface area contributed by atoms with Crippen molar-refractivity contribution in [2.45, 2.75) is 50.8 Å². The van der Waals surface area contributed by atoms with Crippen LogP contribution in [0.3, 0.4) is 0 Å². The third-order valence-electron chi connectivity index (χ3n) is 3.46. The van der Waals surface area contributed by atoms with Crippen molar-refractivity contribution in [2.75, 3.05) is 7.11 Å². The maximum absolute atomic E-state index is 12.6. The molecule has 0 aromatic rings. The van der Waals surface area contributed by atoms with Gasteiger partial charge in [0.15, 0.2) is 5.54 Å². The predicted octanol–water partition coefficient (Wildman–Crippen LogP) is 2.24. The number of amides is 1. The van der Waals surface area contributed by atoms with Gasteiger partial charge in [-0.1, -0.05) is 12.2 Å². The summed E-state index contributed by atoms with van der Waals surface area (Å²) in [5.74, 6) is -0.574. The fourth-order valence-corrected chi connectivity index (χ4v) is 2.54. The number of rotatable bonds is 4. The SMILES string of the molecule is C=C[C@]1(C(=O)OC)CC[C@H](/C=C/C=O)N1C(=O)OC(C)(C)C. The molecule has 0 N–H and O–H groups in total. The lowest BCUT2D eigenvalue weighted by Crippen LogP contribution is -2.55. The van der Waals surface area contributed by atoms with Gasteiger partial charge in [0, 0.05) is 0 Å². The Balaban J connectivity index is 3.24. The van der Waals surface area contributed by atoms with Crippen LogP contribution in [0.4, 0.5) is 4.79 Å². The highest BCUT2D eigenvalue weighted by molar-refractivity contribution is 5.89. The first kappa shape index (κ1) is 17.9. The van der Waals surface area contributed by atoms with E-state index in [4.69, 9.17) is 9.47 Å². The van der Waals surface area contributed by atoms with Crippen LogP contribution in [0, 0.1) is 0 Å². The quantitative estimate of drug-likeness (QED) is 0.345. The zero-order valence-corrected chi connectivity index (χ0v) is 13.5. The molecule has 1 saturated heterocycles. The molecular formula is C16H23NO5. The molecule has 0 spiro atoms. The van der Waals surface area contributed by atoms with Gasteiger partial charge < -0.3 is 9.47 Å². The summed E-state index contributed by atoms with van der Waals surface area (Å²) < 4.78 is 10.2. The molecule has 0 unspecified atom stereocenters. The summed E-state index contributed by atoms with van der Waals surface area (Å²) in [6.07, 6.45) is 5.12. The Kier molecular flexibility index (Phi) is 5.52. The van der Waals surface area contributed by atoms with E-state index in [9.17, 15) is 14.4 Å². The van der Waals surface area contributed by atoms with Crippen molar-refractivity contribution in [1.29, 1.82) is 0 Å². The number of ether oxygens (including phenoxy) is 2. The van der Waals surface area contributed by atoms with E-state index in [0.29, 0.717) is 19.1 Å². The summed E-state index contributed by atoms with van der Waals surface area (Å²) in [6.45, 7) is 8.91. The molecule has 1 aliphatic rings. The minimum absolute atomic E-state index is 0.357. The van der Waals surface area contributed by atoms with Gasteiger partial charge in [0.25, 0.3) is 0 Å². The fourth-order valence-electron chi connectivity index (χ4n) is 2.54. The molecule has 1 fully saturated rings. The van der Waals surface area contributed by atoms with Gasteiger partial charge in [0.1, 0.15) is 11.9 Å². The van der Waals surface area contributed by atoms with E-state index in [1.54, 1.807) is 26.8 Å². The van der Waals surface area contributed by atoms with Crippen molar-refractivity contribution < 1.29 is 23.9 Å². The van der Waals surface area contributed by atoms with Crippen molar-refractivity contribution in [2.24, 2.45) is 0 Å². The van der Waals surface area contributed by atoms with Crippen LogP contribution in [0.15, 0.2) is 24.8 Å². The summed E-state index contributed by atoms with van der Waals surface area (Å²) in [7, 11) is 1.26. The minimum atomic E-state index is -1.28. The summed E-state index contributed by atoms with van der Waals surface area (Å²) in [5.41, 5.74) is -1.99. The molecule has 6 heteroatoms. The maximum Gasteiger partial charge on any atom is 0.412 e. The minimum Gasteiger partial charge on any atom is -0.467 e. The highest BCUT2D eigenvalue weighted by Crippen LogP contribution is 2.38. The van der Waals surface area contributed by atoms with E-state index >= 15 is 0 Å². The fraction of sp³-hybridized carbons (Fsp3) is 0.562. The Morgan fingerprint density at radius 1 is 1.36 bits per heavy atom. The lowest BCUT2D eigenvalue weighted by atomic mass is 9.97. The monoisotopic (exact) mass is 309 g/mol. The second kappa shape index (κ2) is 6.77. The average Bonchev–Trinajstić information content (AvgIpc) is 2.82. The molecule has 1 rings (SSSR count). The molecule has 0 aliphatic carbocycles. The van der Waals surface area contributed by atoms with Gasteiger partial charge in [0.2, 0.25) is 0 Å². The number of carbonyl (C=O) groups excluding carboxylic acids is 3. The molecule has 1 heterocycles. The lowest BCUT2D eigenvalue weighted by molar-refractivity contribution is -0.150. The van der Waals surface area contributed by atoms with Crippen LogP contribution in [-0.4, -0.2) is 47.5 Å². The number of esters is 1. The first-order valence-electron chi connectivity index (χ1n) is 7.08. The predicted molar refractivity (Wildman–Crippen MR) is 81.2 cm³/mol. The normalized spacial score (nSPS) is 25.1. The molecule has 6 nitrogen and oxygen atoms in total. The molecule has 0 aromatic heterocycles. The molecule has 0 radical (unpaired) electrons. The Morgan fingerprint density at radius 2 is 2.00 bits per heavy atom. The summed E-state index contributed by atoms with van der Waals surface area (Å²) in [6, 6.07) is -0.433. The van der Waals surface area contributed by atoms with Crippen LogP contribution >= 0.6 is 0 Å². The van der Waals surface area contributed by atoms with Crippen LogP contribution in [0.25, 0.3) is 0 Å². The zero-order valence-electron chi connectivity index (χ0n) is 13.5. The number of hydrogen-bond donors (Lipinski definition) is 0. The van der Waals surface area contributed by atoms with Crippen molar-refractivity contribution in [3.8, 4) is 0 Å². The molecular weight excluding hydrogens is 286 g/mol. The van der Waals surface area contributed by atoms with Gasteiger partial charge in [-0.05, 0) is 39.7 Å². The van der Waals surface area contributed by atoms with E-state index in [2.05, 4.69) is 6.58 Å². The molecule has 0 bridgehead atoms. The van der Waals surface area contributed by atoms with Crippen molar-refractivity contribution in [3.05, 3.63) is 24.8 Å². The Bertz CT molecular complexity index is 491. The Hall–Kier alpha value is -2.11. The van der Waals surface area contributed by atoms with Crippen LogP contribution in [0.2, 0.25) is 0 Å². The summed E-state index contributed by atoms with van der Waals surface area (Å²) in [5, 5.41) is 0. The molecule has 0 saturated carbocycles. The number of likely N-dealkylation sites (tertiary alicyclic amines) is 1. The second-order valence-corrected chi connectivity index (χ2v) is 6.10. The number of carbonyl (C=O) groups is 3. The molecule has 122 valence electrons. The van der Waals surface area contributed by atoms with E-state index in [-0.39, 0.29) is 0 Å². The summed E-state index contributed by atoms with van der Waals surface area (Å²) >= 11 is 0. The van der Waals surface area contributed by atoms with Crippen LogP contribution in [0.1, 0.15) is 33.6 Å². The number of aldehydes is 1. The Labute approximate surface area is 130 Å². The highest BCUT2D eigenvalue weighted by atomic mass is 16.6. The smallest absolute Gasteiger partial charge is 0.412 e. The lowest BCUT2D eigenvalue weighted by Gasteiger charge is -2.36. The largest absolute Gasteiger partial charge is 0.467 e. The first-order chi connectivity index (χ1) is 10.2. The van der Waals surface area contributed by atoms with E-state index in [1.165, 1.54) is 24.2 Å². The standard InChI is InChI=1S/C16H23NO5/c1-6-16(13(19)21-5)10-9-12(8-7-11-18)17(16)14(20)22-15(2,3)4/h6-8,11-12H,1,9-10H2,2-5H3/b8-7+/t12-,16+/m0/s1. The number of allylic oxidation sites excluding steroid dienone is 1. The molecule has 1 aliphatic heterocycles. The Morgan fingerprint density at radius 3 is 2.45 bits per heavy atom.